The lowest BCUT2D eigenvalue weighted by molar-refractivity contribution is 0.0932. The van der Waals surface area contributed by atoms with Crippen molar-refractivity contribution in [3.05, 3.63) is 33.4 Å². The maximum absolute atomic E-state index is 12.0. The Bertz CT molecular complexity index is 379. The summed E-state index contributed by atoms with van der Waals surface area (Å²) < 4.78 is 1.13. The van der Waals surface area contributed by atoms with Crippen molar-refractivity contribution < 1.29 is 4.79 Å². The number of nitrogens with one attached hydrogen (secondary N) is 1. The van der Waals surface area contributed by atoms with Crippen molar-refractivity contribution in [2.75, 3.05) is 12.4 Å². The summed E-state index contributed by atoms with van der Waals surface area (Å²) in [7, 11) is 0. The normalized spacial score (nSPS) is 11.3. The summed E-state index contributed by atoms with van der Waals surface area (Å²) in [5, 5.41) is 2.99. The average Bonchev–Trinajstić information content (AvgIpc) is 2.41. The minimum atomic E-state index is -0.0252. The molecule has 0 atom stereocenters. The van der Waals surface area contributed by atoms with Gasteiger partial charge in [0.15, 0.2) is 0 Å². The molecule has 0 bridgehead atoms. The molecule has 0 radical (unpaired) electrons. The van der Waals surface area contributed by atoms with Gasteiger partial charge < -0.3 is 5.32 Å². The van der Waals surface area contributed by atoms with Crippen LogP contribution in [0.5, 0.6) is 0 Å². The van der Waals surface area contributed by atoms with Gasteiger partial charge in [0, 0.05) is 27.0 Å². The summed E-state index contributed by atoms with van der Waals surface area (Å²) in [6.07, 6.45) is 1.94. The number of hydrogen-bond donors (Lipinski definition) is 1. The van der Waals surface area contributed by atoms with Crippen LogP contribution in [0.2, 0.25) is 0 Å². The zero-order chi connectivity index (χ0) is 13.6. The van der Waals surface area contributed by atoms with E-state index in [4.69, 9.17) is 11.6 Å². The fourth-order valence-electron chi connectivity index (χ4n) is 1.71. The zero-order valence-corrected chi connectivity index (χ0v) is 13.7. The van der Waals surface area contributed by atoms with Gasteiger partial charge in [0.25, 0.3) is 5.91 Å². The Balaban J connectivity index is 2.63. The van der Waals surface area contributed by atoms with E-state index in [1.165, 1.54) is 0 Å². The molecule has 0 heterocycles. The molecule has 0 aliphatic heterocycles. The Labute approximate surface area is 128 Å². The summed E-state index contributed by atoms with van der Waals surface area (Å²) in [6, 6.07) is 7.56. The van der Waals surface area contributed by atoms with Crippen LogP contribution in [-0.4, -0.2) is 18.3 Å². The maximum atomic E-state index is 12.0. The van der Waals surface area contributed by atoms with Crippen molar-refractivity contribution in [3.8, 4) is 0 Å². The minimum Gasteiger partial charge on any atom is -0.351 e. The van der Waals surface area contributed by atoms with Crippen LogP contribution >= 0.6 is 34.2 Å². The lowest BCUT2D eigenvalue weighted by atomic mass is 9.84. The number of hydrogen-bond acceptors (Lipinski definition) is 1. The summed E-state index contributed by atoms with van der Waals surface area (Å²) in [5.74, 6) is 0.551. The molecule has 1 N–H and O–H groups in total. The lowest BCUT2D eigenvalue weighted by Gasteiger charge is -2.29. The van der Waals surface area contributed by atoms with Gasteiger partial charge in [0.2, 0.25) is 0 Å². The van der Waals surface area contributed by atoms with E-state index in [1.54, 1.807) is 0 Å². The molecular weight excluding hydrogens is 361 g/mol. The number of amides is 1. The fraction of sp³-hybridized carbons (Fsp3) is 0.500. The monoisotopic (exact) mass is 379 g/mol. The summed E-state index contributed by atoms with van der Waals surface area (Å²) in [6.45, 7) is 4.86. The molecule has 0 fully saturated rings. The Morgan fingerprint density at radius 3 is 2.28 bits per heavy atom. The molecule has 0 unspecified atom stereocenters. The first-order valence-corrected chi connectivity index (χ1v) is 7.78. The molecule has 0 aliphatic rings. The van der Waals surface area contributed by atoms with Crippen LogP contribution in [0.3, 0.4) is 0 Å². The minimum absolute atomic E-state index is 0.0143. The van der Waals surface area contributed by atoms with E-state index in [9.17, 15) is 4.79 Å². The lowest BCUT2D eigenvalue weighted by Crippen LogP contribution is -2.38. The van der Waals surface area contributed by atoms with Crippen molar-refractivity contribution in [1.29, 1.82) is 0 Å². The first kappa shape index (κ1) is 15.8. The van der Waals surface area contributed by atoms with Crippen molar-refractivity contribution in [1.82, 2.24) is 5.32 Å². The molecule has 1 aromatic carbocycles. The largest absolute Gasteiger partial charge is 0.351 e. The molecule has 0 saturated heterocycles. The van der Waals surface area contributed by atoms with E-state index in [0.29, 0.717) is 18.0 Å². The van der Waals surface area contributed by atoms with Crippen molar-refractivity contribution >= 4 is 40.1 Å². The fourth-order valence-corrected chi connectivity index (χ4v) is 2.54. The van der Waals surface area contributed by atoms with E-state index in [-0.39, 0.29) is 11.3 Å². The Hall–Kier alpha value is -0.290. The van der Waals surface area contributed by atoms with Gasteiger partial charge in [-0.15, -0.1) is 11.6 Å². The Kier molecular flexibility index (Phi) is 6.43. The first-order valence-electron chi connectivity index (χ1n) is 6.16. The maximum Gasteiger partial charge on any atom is 0.251 e. The van der Waals surface area contributed by atoms with Crippen LogP contribution in [0.25, 0.3) is 0 Å². The second-order valence-corrected chi connectivity index (χ2v) is 6.04. The van der Waals surface area contributed by atoms with Crippen molar-refractivity contribution in [2.45, 2.75) is 26.7 Å². The van der Waals surface area contributed by atoms with Crippen LogP contribution in [0.15, 0.2) is 24.3 Å². The standard InChI is InChI=1S/C14H19ClINO/c1-3-14(4-2,9-15)10-17-13(18)11-5-7-12(16)8-6-11/h5-8H,3-4,9-10H2,1-2H3,(H,17,18). The highest BCUT2D eigenvalue weighted by atomic mass is 127. The first-order chi connectivity index (χ1) is 8.56. The molecule has 18 heavy (non-hydrogen) atoms. The van der Waals surface area contributed by atoms with Gasteiger partial charge in [0.05, 0.1) is 0 Å². The number of carbonyl (C=O) groups is 1. The quantitative estimate of drug-likeness (QED) is 0.586. The number of carbonyl (C=O) groups excluding carboxylic acids is 1. The molecule has 4 heteroatoms. The third-order valence-electron chi connectivity index (χ3n) is 3.51. The van der Waals surface area contributed by atoms with Crippen LogP contribution in [-0.2, 0) is 0 Å². The van der Waals surface area contributed by atoms with Crippen LogP contribution in [0.4, 0.5) is 0 Å². The summed E-state index contributed by atoms with van der Waals surface area (Å²) >= 11 is 8.25. The number of halogens is 2. The van der Waals surface area contributed by atoms with Gasteiger partial charge in [0.1, 0.15) is 0 Å². The topological polar surface area (TPSA) is 29.1 Å². The van der Waals surface area contributed by atoms with Gasteiger partial charge in [-0.25, -0.2) is 0 Å². The van der Waals surface area contributed by atoms with Gasteiger partial charge in [-0.1, -0.05) is 13.8 Å². The van der Waals surface area contributed by atoms with Crippen LogP contribution in [0.1, 0.15) is 37.0 Å². The zero-order valence-electron chi connectivity index (χ0n) is 10.8. The summed E-state index contributed by atoms with van der Waals surface area (Å²) in [4.78, 5) is 12.0. The number of benzene rings is 1. The predicted molar refractivity (Wildman–Crippen MR) is 85.2 cm³/mol. The third kappa shape index (κ3) is 4.12. The van der Waals surface area contributed by atoms with Gasteiger partial charge in [-0.05, 0) is 59.7 Å². The number of alkyl halides is 1. The van der Waals surface area contributed by atoms with Crippen molar-refractivity contribution in [2.24, 2.45) is 5.41 Å². The highest BCUT2D eigenvalue weighted by Crippen LogP contribution is 2.27. The molecule has 0 spiro atoms. The van der Waals surface area contributed by atoms with Crippen LogP contribution in [0, 0.1) is 8.99 Å². The highest BCUT2D eigenvalue weighted by molar-refractivity contribution is 14.1. The SMILES string of the molecule is CCC(CC)(CCl)CNC(=O)c1ccc(I)cc1. The Morgan fingerprint density at radius 1 is 1.28 bits per heavy atom. The third-order valence-corrected chi connectivity index (χ3v) is 4.80. The molecule has 2 nitrogen and oxygen atoms in total. The molecular formula is C14H19ClINO. The molecule has 1 aromatic rings. The van der Waals surface area contributed by atoms with E-state index < -0.39 is 0 Å². The second-order valence-electron chi connectivity index (χ2n) is 4.53. The average molecular weight is 380 g/mol. The highest BCUT2D eigenvalue weighted by Gasteiger charge is 2.25. The van der Waals surface area contributed by atoms with Crippen LogP contribution < -0.4 is 5.32 Å². The number of rotatable bonds is 6. The Morgan fingerprint density at radius 2 is 1.83 bits per heavy atom. The summed E-state index contributed by atoms with van der Waals surface area (Å²) in [5.41, 5.74) is 0.714. The van der Waals surface area contributed by atoms with E-state index in [0.717, 1.165) is 16.4 Å². The second kappa shape index (κ2) is 7.34. The van der Waals surface area contributed by atoms with Gasteiger partial charge >= 0.3 is 0 Å². The van der Waals surface area contributed by atoms with Gasteiger partial charge in [-0.3, -0.25) is 4.79 Å². The molecule has 1 rings (SSSR count). The molecule has 100 valence electrons. The molecule has 0 aromatic heterocycles. The van der Waals surface area contributed by atoms with Gasteiger partial charge in [-0.2, -0.15) is 0 Å². The predicted octanol–water partition coefficient (Wildman–Crippen LogP) is 4.07. The molecule has 1 amide bonds. The molecule has 0 aliphatic carbocycles. The van der Waals surface area contributed by atoms with Crippen molar-refractivity contribution in [3.63, 3.8) is 0 Å². The molecule has 0 saturated carbocycles. The van der Waals surface area contributed by atoms with E-state index in [1.807, 2.05) is 24.3 Å². The smallest absolute Gasteiger partial charge is 0.251 e. The van der Waals surface area contributed by atoms with E-state index in [2.05, 4.69) is 41.8 Å². The van der Waals surface area contributed by atoms with E-state index >= 15 is 0 Å².